The summed E-state index contributed by atoms with van der Waals surface area (Å²) in [4.78, 5) is 41.0. The number of nitrogens with one attached hydrogen (secondary N) is 2. The number of rotatable bonds is 13. The van der Waals surface area contributed by atoms with Crippen LogP contribution in [0.25, 0.3) is 0 Å². The minimum atomic E-state index is -1.05. The minimum Gasteiger partial charge on any atom is -0.478 e. The lowest BCUT2D eigenvalue weighted by Gasteiger charge is -2.36. The zero-order valence-electron chi connectivity index (χ0n) is 25.5. The topological polar surface area (TPSA) is 173 Å². The molecule has 2 heterocycles. The third kappa shape index (κ3) is 9.39. The van der Waals surface area contributed by atoms with Crippen LogP contribution in [0.3, 0.4) is 0 Å². The third-order valence-corrected chi connectivity index (χ3v) is 8.64. The first-order chi connectivity index (χ1) is 22.8. The van der Waals surface area contributed by atoms with Crippen LogP contribution in [-0.4, -0.2) is 44.8 Å². The van der Waals surface area contributed by atoms with Crippen LogP contribution >= 0.6 is 11.8 Å². The van der Waals surface area contributed by atoms with Gasteiger partial charge in [-0.2, -0.15) is 0 Å². The van der Waals surface area contributed by atoms with Gasteiger partial charge in [0.15, 0.2) is 6.29 Å². The molecule has 1 aliphatic heterocycles. The molecule has 6 N–H and O–H groups in total. The maximum absolute atomic E-state index is 12.7. The number of nitrogens with two attached hydrogens (primary N) is 1. The Morgan fingerprint density at radius 1 is 0.894 bits per heavy atom. The number of amides is 2. The van der Waals surface area contributed by atoms with E-state index in [1.54, 1.807) is 54.7 Å². The molecule has 5 rings (SSSR count). The van der Waals surface area contributed by atoms with Gasteiger partial charge in [0.2, 0.25) is 11.8 Å². The molecule has 2 amide bonds. The Hall–Kier alpha value is -4.75. The maximum atomic E-state index is 12.7. The molecule has 3 aromatic carbocycles. The summed E-state index contributed by atoms with van der Waals surface area (Å²) in [6, 6.07) is 24.8. The lowest BCUT2D eigenvalue weighted by atomic mass is 10.0. The van der Waals surface area contributed by atoms with E-state index in [-0.39, 0.29) is 49.0 Å². The van der Waals surface area contributed by atoms with Gasteiger partial charge >= 0.3 is 5.97 Å². The second kappa shape index (κ2) is 16.2. The van der Waals surface area contributed by atoms with Crippen molar-refractivity contribution in [1.29, 1.82) is 0 Å². The summed E-state index contributed by atoms with van der Waals surface area (Å²) in [7, 11) is 0. The van der Waals surface area contributed by atoms with Crippen molar-refractivity contribution in [1.82, 2.24) is 4.98 Å². The predicted octanol–water partition coefficient (Wildman–Crippen LogP) is 5.94. The average Bonchev–Trinajstić information content (AvgIpc) is 3.08. The average molecular weight is 657 g/mol. The molecule has 1 aromatic heterocycles. The molecule has 47 heavy (non-hydrogen) atoms. The number of aromatic carboxylic acids is 1. The van der Waals surface area contributed by atoms with E-state index < -0.39 is 12.3 Å². The fourth-order valence-corrected chi connectivity index (χ4v) is 6.09. The number of carbonyl (C=O) groups is 3. The Morgan fingerprint density at radius 3 is 2.40 bits per heavy atom. The van der Waals surface area contributed by atoms with Gasteiger partial charge in [-0.25, -0.2) is 9.78 Å². The van der Waals surface area contributed by atoms with Crippen molar-refractivity contribution in [2.75, 3.05) is 22.1 Å². The molecule has 0 aliphatic carbocycles. The summed E-state index contributed by atoms with van der Waals surface area (Å²) >= 11 is 1.31. The van der Waals surface area contributed by atoms with Gasteiger partial charge in [-0.1, -0.05) is 48.5 Å². The monoisotopic (exact) mass is 656 g/mol. The number of nitrogens with zero attached hydrogens (tertiary/aromatic N) is 1. The Balaban J connectivity index is 1.23. The molecule has 4 aromatic rings. The van der Waals surface area contributed by atoms with E-state index in [4.69, 9.17) is 15.2 Å². The SMILES string of the molecule is Nc1ccccc1NC(=O)CCCC(=O)Nc1cccc(C2OC(CSc3ncccc3C(=O)O)CC(c3ccc(CO)cc3)O2)c1. The van der Waals surface area contributed by atoms with Gasteiger partial charge in [0.05, 0.1) is 35.8 Å². The number of ether oxygens (including phenoxy) is 2. The first-order valence-corrected chi connectivity index (χ1v) is 16.1. The number of aromatic nitrogens is 1. The van der Waals surface area contributed by atoms with Crippen LogP contribution in [0.1, 0.15) is 65.1 Å². The highest BCUT2D eigenvalue weighted by Crippen LogP contribution is 2.40. The molecule has 0 radical (unpaired) electrons. The summed E-state index contributed by atoms with van der Waals surface area (Å²) in [6.07, 6.45) is 1.31. The van der Waals surface area contributed by atoms with E-state index >= 15 is 0 Å². The normalized spacial score (nSPS) is 17.5. The Labute approximate surface area is 276 Å². The molecular formula is C35H36N4O7S. The van der Waals surface area contributed by atoms with Gasteiger partial charge in [0.25, 0.3) is 0 Å². The number of carboxylic acids is 1. The predicted molar refractivity (Wildman–Crippen MR) is 179 cm³/mol. The summed E-state index contributed by atoms with van der Waals surface area (Å²) in [6.45, 7) is -0.0681. The molecule has 1 aliphatic rings. The molecule has 3 unspecified atom stereocenters. The van der Waals surface area contributed by atoms with Crippen molar-refractivity contribution in [2.24, 2.45) is 0 Å². The summed E-state index contributed by atoms with van der Waals surface area (Å²) < 4.78 is 12.8. The number of carbonyl (C=O) groups excluding carboxylic acids is 2. The number of benzene rings is 3. The molecule has 1 fully saturated rings. The van der Waals surface area contributed by atoms with Gasteiger partial charge < -0.3 is 36.1 Å². The van der Waals surface area contributed by atoms with Crippen LogP contribution in [0, 0.1) is 0 Å². The number of hydrogen-bond acceptors (Lipinski definition) is 9. The number of aliphatic hydroxyl groups is 1. The van der Waals surface area contributed by atoms with Crippen molar-refractivity contribution in [3.63, 3.8) is 0 Å². The van der Waals surface area contributed by atoms with Crippen LogP contribution in [0.5, 0.6) is 0 Å². The summed E-state index contributed by atoms with van der Waals surface area (Å²) in [5.41, 5.74) is 9.97. The van der Waals surface area contributed by atoms with Gasteiger partial charge in [-0.3, -0.25) is 9.59 Å². The number of pyridine rings is 1. The van der Waals surface area contributed by atoms with Crippen molar-refractivity contribution in [3.8, 4) is 0 Å². The van der Waals surface area contributed by atoms with Gasteiger partial charge in [0, 0.05) is 42.5 Å². The number of aliphatic hydroxyl groups excluding tert-OH is 1. The van der Waals surface area contributed by atoms with Crippen LogP contribution in [0.2, 0.25) is 0 Å². The Morgan fingerprint density at radius 2 is 1.66 bits per heavy atom. The van der Waals surface area contributed by atoms with Gasteiger partial charge in [0.1, 0.15) is 5.03 Å². The maximum Gasteiger partial charge on any atom is 0.338 e. The Kier molecular flexibility index (Phi) is 11.6. The fraction of sp³-hybridized carbons (Fsp3) is 0.257. The van der Waals surface area contributed by atoms with E-state index in [1.165, 1.54) is 17.8 Å². The quantitative estimate of drug-likeness (QED) is 0.0856. The highest BCUT2D eigenvalue weighted by molar-refractivity contribution is 7.99. The van der Waals surface area contributed by atoms with E-state index in [9.17, 15) is 24.6 Å². The van der Waals surface area contributed by atoms with Gasteiger partial charge in [-0.05, 0) is 53.9 Å². The second-order valence-corrected chi connectivity index (χ2v) is 12.0. The first-order valence-electron chi connectivity index (χ1n) is 15.1. The van der Waals surface area contributed by atoms with Crippen LogP contribution < -0.4 is 16.4 Å². The molecule has 11 nitrogen and oxygen atoms in total. The number of nitrogen functional groups attached to an aromatic ring is 1. The van der Waals surface area contributed by atoms with Crippen molar-refractivity contribution < 1.29 is 34.1 Å². The zero-order valence-corrected chi connectivity index (χ0v) is 26.3. The molecule has 12 heteroatoms. The van der Waals surface area contributed by atoms with Crippen LogP contribution in [-0.2, 0) is 25.7 Å². The Bertz CT molecular complexity index is 1700. The third-order valence-electron chi connectivity index (χ3n) is 7.51. The van der Waals surface area contributed by atoms with E-state index in [1.807, 2.05) is 30.3 Å². The summed E-state index contributed by atoms with van der Waals surface area (Å²) in [5.74, 6) is -1.07. The van der Waals surface area contributed by atoms with Crippen molar-refractivity contribution >= 4 is 46.6 Å². The number of thioether (sulfide) groups is 1. The lowest BCUT2D eigenvalue weighted by Crippen LogP contribution is -2.31. The van der Waals surface area contributed by atoms with Gasteiger partial charge in [-0.15, -0.1) is 11.8 Å². The molecule has 0 saturated carbocycles. The molecule has 244 valence electrons. The molecule has 0 spiro atoms. The lowest BCUT2D eigenvalue weighted by molar-refractivity contribution is -0.245. The van der Waals surface area contributed by atoms with E-state index in [0.29, 0.717) is 46.2 Å². The van der Waals surface area contributed by atoms with Crippen molar-refractivity contribution in [2.45, 2.75) is 55.8 Å². The number of carboxylic acid groups (broad SMARTS) is 1. The summed E-state index contributed by atoms with van der Waals surface area (Å²) in [5, 5.41) is 25.1. The van der Waals surface area contributed by atoms with E-state index in [0.717, 1.165) is 11.1 Å². The zero-order chi connectivity index (χ0) is 33.2. The molecular weight excluding hydrogens is 620 g/mol. The van der Waals surface area contributed by atoms with E-state index in [2.05, 4.69) is 15.6 Å². The standard InChI is InChI=1S/C35H36N4O7S/c36-28-9-1-2-10-29(28)39-32(42)12-4-11-31(41)38-25-7-3-6-24(18-25)35-45-26(21-47-33-27(34(43)44)8-5-17-37-33)19-30(46-35)23-15-13-22(20-40)14-16-23/h1-3,5-10,13-18,26,30,35,40H,4,11-12,19-21,36H2,(H,38,41)(H,39,42)(H,43,44). The highest BCUT2D eigenvalue weighted by Gasteiger charge is 2.33. The number of anilines is 3. The largest absolute Gasteiger partial charge is 0.478 e. The fourth-order valence-electron chi connectivity index (χ4n) is 5.08. The smallest absolute Gasteiger partial charge is 0.338 e. The molecule has 1 saturated heterocycles. The number of hydrogen-bond donors (Lipinski definition) is 5. The van der Waals surface area contributed by atoms with Crippen LogP contribution in [0.4, 0.5) is 17.1 Å². The minimum absolute atomic E-state index is 0.0681. The highest BCUT2D eigenvalue weighted by atomic mass is 32.2. The molecule has 3 atom stereocenters. The van der Waals surface area contributed by atoms with Crippen molar-refractivity contribution in [3.05, 3.63) is 113 Å². The second-order valence-electron chi connectivity index (χ2n) is 11.0. The number of para-hydroxylation sites is 2. The molecule has 0 bridgehead atoms. The first kappa shape index (κ1) is 33.6. The van der Waals surface area contributed by atoms with Crippen LogP contribution in [0.15, 0.2) is 96.2 Å².